The lowest BCUT2D eigenvalue weighted by Crippen LogP contribution is -2.44. The van der Waals surface area contributed by atoms with Gasteiger partial charge in [-0.3, -0.25) is 9.59 Å². The van der Waals surface area contributed by atoms with Crippen LogP contribution in [0, 0.1) is 5.92 Å². The molecule has 1 aliphatic rings. The molecule has 0 radical (unpaired) electrons. The van der Waals surface area contributed by atoms with Gasteiger partial charge in [-0.2, -0.15) is 0 Å². The Hall–Kier alpha value is -3.09. The van der Waals surface area contributed by atoms with E-state index in [2.05, 4.69) is 18.2 Å². The first-order chi connectivity index (χ1) is 17.1. The van der Waals surface area contributed by atoms with Crippen molar-refractivity contribution in [3.8, 4) is 0 Å². The molecule has 7 heteroatoms. The Balaban J connectivity index is 1.52. The molecule has 7 nitrogen and oxygen atoms in total. The Bertz CT molecular complexity index is 1030. The molecule has 1 aliphatic heterocycles. The fourth-order valence-electron chi connectivity index (χ4n) is 4.60. The van der Waals surface area contributed by atoms with Gasteiger partial charge >= 0.3 is 12.1 Å². The molecule has 1 saturated heterocycles. The second-order valence-electron chi connectivity index (χ2n) is 10.6. The van der Waals surface area contributed by atoms with Crippen LogP contribution in [0.1, 0.15) is 58.9 Å². The predicted octanol–water partition coefficient (Wildman–Crippen LogP) is 5.20. The van der Waals surface area contributed by atoms with Gasteiger partial charge in [0.05, 0.1) is 13.0 Å². The topological polar surface area (TPSA) is 76.2 Å². The van der Waals surface area contributed by atoms with E-state index in [4.69, 9.17) is 9.47 Å². The smallest absolute Gasteiger partial charge is 0.410 e. The summed E-state index contributed by atoms with van der Waals surface area (Å²) in [5.41, 5.74) is 0.495. The first kappa shape index (κ1) is 27.5. The van der Waals surface area contributed by atoms with E-state index in [9.17, 15) is 14.4 Å². The van der Waals surface area contributed by atoms with E-state index in [1.54, 1.807) is 4.90 Å². The van der Waals surface area contributed by atoms with Crippen molar-refractivity contribution in [2.75, 3.05) is 32.8 Å². The number of piperidine rings is 1. The van der Waals surface area contributed by atoms with Crippen molar-refractivity contribution >= 4 is 28.7 Å². The second-order valence-corrected chi connectivity index (χ2v) is 10.6. The second kappa shape index (κ2) is 12.7. The van der Waals surface area contributed by atoms with Crippen LogP contribution in [-0.2, 0) is 25.5 Å². The minimum absolute atomic E-state index is 0.152. The van der Waals surface area contributed by atoms with Gasteiger partial charge in [-0.25, -0.2) is 4.79 Å². The summed E-state index contributed by atoms with van der Waals surface area (Å²) in [6, 6.07) is 14.3. The molecule has 2 aromatic carbocycles. The van der Waals surface area contributed by atoms with Crippen LogP contribution < -0.4 is 0 Å². The molecule has 196 valence electrons. The number of nitrogens with zero attached hydrogens (tertiary/aromatic N) is 2. The minimum Gasteiger partial charge on any atom is -0.466 e. The van der Waals surface area contributed by atoms with E-state index in [1.165, 1.54) is 6.92 Å². The molecule has 0 bridgehead atoms. The van der Waals surface area contributed by atoms with Gasteiger partial charge in [0, 0.05) is 33.1 Å². The van der Waals surface area contributed by atoms with Crippen LogP contribution in [0.5, 0.6) is 0 Å². The summed E-state index contributed by atoms with van der Waals surface area (Å²) in [4.78, 5) is 40.6. The van der Waals surface area contributed by atoms with E-state index in [0.717, 1.165) is 35.6 Å². The Morgan fingerprint density at radius 2 is 1.69 bits per heavy atom. The molecule has 1 heterocycles. The van der Waals surface area contributed by atoms with Gasteiger partial charge in [0.25, 0.3) is 0 Å². The summed E-state index contributed by atoms with van der Waals surface area (Å²) in [5.74, 6) is 0.174. The molecule has 0 N–H and O–H groups in total. The number of hydrogen-bond donors (Lipinski definition) is 0. The van der Waals surface area contributed by atoms with Gasteiger partial charge in [0.1, 0.15) is 5.60 Å². The van der Waals surface area contributed by atoms with Crippen LogP contribution in [0.15, 0.2) is 42.5 Å². The van der Waals surface area contributed by atoms with Crippen molar-refractivity contribution in [3.63, 3.8) is 0 Å². The Labute approximate surface area is 214 Å². The van der Waals surface area contributed by atoms with Crippen LogP contribution >= 0.6 is 0 Å². The quantitative estimate of drug-likeness (QED) is 0.352. The number of carbonyl (C=O) groups excluding carboxylic acids is 3. The highest BCUT2D eigenvalue weighted by Gasteiger charge is 2.28. The largest absolute Gasteiger partial charge is 0.466 e. The lowest BCUT2D eigenvalue weighted by Gasteiger charge is -2.35. The van der Waals surface area contributed by atoms with Crippen LogP contribution in [0.4, 0.5) is 4.79 Å². The molecular weight excluding hydrogens is 456 g/mol. The van der Waals surface area contributed by atoms with Gasteiger partial charge in [0.15, 0.2) is 0 Å². The highest BCUT2D eigenvalue weighted by Crippen LogP contribution is 2.23. The van der Waals surface area contributed by atoms with E-state index in [0.29, 0.717) is 51.5 Å². The Morgan fingerprint density at radius 3 is 2.39 bits per heavy atom. The molecule has 0 saturated carbocycles. The molecule has 0 aliphatic carbocycles. The standard InChI is InChI=1S/C29H40N2O5/c1-22(32)35-19-8-7-16-31(28(34)36-29(2,3)4)21-23-14-17-30(18-15-23)27(33)20-25-12-9-11-24-10-5-6-13-26(24)25/h5-6,9-13,23H,7-8,14-21H2,1-4H3. The zero-order chi connectivity index (χ0) is 26.1. The monoisotopic (exact) mass is 496 g/mol. The molecule has 2 aromatic rings. The molecule has 0 spiro atoms. The van der Waals surface area contributed by atoms with Crippen LogP contribution in [0.25, 0.3) is 10.8 Å². The average Bonchev–Trinajstić information content (AvgIpc) is 2.82. The molecule has 2 amide bonds. The third kappa shape index (κ3) is 8.54. The maximum Gasteiger partial charge on any atom is 0.410 e. The van der Waals surface area contributed by atoms with E-state index >= 15 is 0 Å². The Kier molecular flexibility index (Phi) is 9.73. The van der Waals surface area contributed by atoms with Gasteiger partial charge in [0.2, 0.25) is 5.91 Å². The van der Waals surface area contributed by atoms with Gasteiger partial charge in [-0.15, -0.1) is 0 Å². The summed E-state index contributed by atoms with van der Waals surface area (Å²) < 4.78 is 10.6. The number of hydrogen-bond acceptors (Lipinski definition) is 5. The maximum atomic E-state index is 13.1. The number of likely N-dealkylation sites (tertiary alicyclic amines) is 1. The number of unbranched alkanes of at least 4 members (excludes halogenated alkanes) is 1. The number of rotatable bonds is 9. The first-order valence-electron chi connectivity index (χ1n) is 13.0. The zero-order valence-electron chi connectivity index (χ0n) is 22.1. The zero-order valence-corrected chi connectivity index (χ0v) is 22.1. The van der Waals surface area contributed by atoms with E-state index in [-0.39, 0.29) is 18.0 Å². The molecule has 3 rings (SSSR count). The third-order valence-corrected chi connectivity index (χ3v) is 6.45. The summed E-state index contributed by atoms with van der Waals surface area (Å²) in [5, 5.41) is 2.28. The fraction of sp³-hybridized carbons (Fsp3) is 0.552. The summed E-state index contributed by atoms with van der Waals surface area (Å²) in [6.07, 6.45) is 3.22. The third-order valence-electron chi connectivity index (χ3n) is 6.45. The van der Waals surface area contributed by atoms with Crippen molar-refractivity contribution in [2.45, 2.75) is 65.4 Å². The number of ether oxygens (including phenoxy) is 2. The van der Waals surface area contributed by atoms with Gasteiger partial charge in [-0.1, -0.05) is 42.5 Å². The summed E-state index contributed by atoms with van der Waals surface area (Å²) in [6.45, 7) is 9.90. The average molecular weight is 497 g/mol. The molecule has 0 aromatic heterocycles. The number of benzene rings is 2. The van der Waals surface area contributed by atoms with Crippen molar-refractivity contribution in [2.24, 2.45) is 5.92 Å². The van der Waals surface area contributed by atoms with E-state index in [1.807, 2.05) is 49.9 Å². The van der Waals surface area contributed by atoms with Crippen molar-refractivity contribution in [1.82, 2.24) is 9.80 Å². The predicted molar refractivity (Wildman–Crippen MR) is 141 cm³/mol. The number of amides is 2. The highest BCUT2D eigenvalue weighted by molar-refractivity contribution is 5.90. The lowest BCUT2D eigenvalue weighted by atomic mass is 9.95. The number of fused-ring (bicyclic) bond motifs is 1. The van der Waals surface area contributed by atoms with Crippen molar-refractivity contribution < 1.29 is 23.9 Å². The van der Waals surface area contributed by atoms with Gasteiger partial charge in [-0.05, 0) is 68.7 Å². The first-order valence-corrected chi connectivity index (χ1v) is 13.0. The number of carbonyl (C=O) groups is 3. The number of esters is 1. The molecular formula is C29H40N2O5. The molecule has 0 unspecified atom stereocenters. The summed E-state index contributed by atoms with van der Waals surface area (Å²) >= 11 is 0. The molecule has 0 atom stereocenters. The van der Waals surface area contributed by atoms with Crippen LogP contribution in [-0.4, -0.2) is 66.2 Å². The molecule has 36 heavy (non-hydrogen) atoms. The maximum absolute atomic E-state index is 13.1. The Morgan fingerprint density at radius 1 is 1.00 bits per heavy atom. The highest BCUT2D eigenvalue weighted by atomic mass is 16.6. The van der Waals surface area contributed by atoms with Crippen LogP contribution in [0.2, 0.25) is 0 Å². The fourth-order valence-corrected chi connectivity index (χ4v) is 4.60. The minimum atomic E-state index is -0.565. The normalized spacial score (nSPS) is 14.5. The van der Waals surface area contributed by atoms with Gasteiger partial charge < -0.3 is 19.3 Å². The lowest BCUT2D eigenvalue weighted by molar-refractivity contribution is -0.141. The molecule has 1 fully saturated rings. The SMILES string of the molecule is CC(=O)OCCCCN(CC1CCN(C(=O)Cc2cccc3ccccc23)CC1)C(=O)OC(C)(C)C. The van der Waals surface area contributed by atoms with E-state index < -0.39 is 5.60 Å². The summed E-state index contributed by atoms with van der Waals surface area (Å²) in [7, 11) is 0. The van der Waals surface area contributed by atoms with Crippen molar-refractivity contribution in [3.05, 3.63) is 48.0 Å². The van der Waals surface area contributed by atoms with Crippen molar-refractivity contribution in [1.29, 1.82) is 0 Å². The van der Waals surface area contributed by atoms with Crippen LogP contribution in [0.3, 0.4) is 0 Å².